The second-order valence-corrected chi connectivity index (χ2v) is 6.09. The molecule has 1 atom stereocenters. The van der Waals surface area contributed by atoms with Crippen LogP contribution in [0.25, 0.3) is 0 Å². The minimum Gasteiger partial charge on any atom is -0.310 e. The molecule has 1 aromatic carbocycles. The van der Waals surface area contributed by atoms with E-state index in [4.69, 9.17) is 0 Å². The van der Waals surface area contributed by atoms with Gasteiger partial charge in [0.25, 0.3) is 0 Å². The highest BCUT2D eigenvalue weighted by Crippen LogP contribution is 2.33. The van der Waals surface area contributed by atoms with Crippen molar-refractivity contribution in [3.05, 3.63) is 36.2 Å². The first-order chi connectivity index (χ1) is 8.81. The monoisotopic (exact) mass is 279 g/mol. The predicted molar refractivity (Wildman–Crippen MR) is 77.2 cm³/mol. The number of hydrogen-bond acceptors (Lipinski definition) is 5. The Morgan fingerprint density at radius 2 is 2.22 bits per heavy atom. The van der Waals surface area contributed by atoms with E-state index in [9.17, 15) is 0 Å². The molecule has 0 radical (unpaired) electrons. The summed E-state index contributed by atoms with van der Waals surface area (Å²) in [5.74, 6) is 0. The quantitative estimate of drug-likeness (QED) is 0.874. The predicted octanol–water partition coefficient (Wildman–Crippen LogP) is 3.75. The molecule has 96 valence electrons. The fourth-order valence-electron chi connectivity index (χ4n) is 1.70. The van der Waals surface area contributed by atoms with E-state index in [2.05, 4.69) is 52.8 Å². The van der Waals surface area contributed by atoms with Crippen LogP contribution in [0.2, 0.25) is 0 Å². The van der Waals surface area contributed by atoms with E-state index in [1.807, 2.05) is 0 Å². The van der Waals surface area contributed by atoms with E-state index < -0.39 is 0 Å². The van der Waals surface area contributed by atoms with Crippen LogP contribution >= 0.6 is 23.3 Å². The van der Waals surface area contributed by atoms with Gasteiger partial charge in [0, 0.05) is 10.9 Å². The maximum Gasteiger partial charge on any atom is 0.174 e. The highest BCUT2D eigenvalue weighted by Gasteiger charge is 2.11. The largest absolute Gasteiger partial charge is 0.310 e. The lowest BCUT2D eigenvalue weighted by atomic mass is 10.1. The molecule has 0 spiro atoms. The molecule has 0 bridgehead atoms. The van der Waals surface area contributed by atoms with Crippen LogP contribution in [0.1, 0.15) is 31.9 Å². The summed E-state index contributed by atoms with van der Waals surface area (Å²) in [6.45, 7) is 5.43. The zero-order chi connectivity index (χ0) is 12.8. The Bertz CT molecular complexity index is 471. The Balaban J connectivity index is 2.14. The van der Waals surface area contributed by atoms with Crippen LogP contribution in [0.5, 0.6) is 0 Å². The highest BCUT2D eigenvalue weighted by molar-refractivity contribution is 8.01. The molecule has 1 heterocycles. The fourth-order valence-corrected chi connectivity index (χ4v) is 3.33. The molecule has 0 saturated carbocycles. The van der Waals surface area contributed by atoms with Gasteiger partial charge < -0.3 is 5.32 Å². The Hall–Kier alpha value is -0.910. The Kier molecular flexibility index (Phi) is 5.16. The van der Waals surface area contributed by atoms with Gasteiger partial charge in [-0.15, -0.1) is 0 Å². The van der Waals surface area contributed by atoms with E-state index in [1.54, 1.807) is 18.1 Å². The van der Waals surface area contributed by atoms with Gasteiger partial charge >= 0.3 is 0 Å². The first kappa shape index (κ1) is 13.5. The molecule has 2 rings (SSSR count). The van der Waals surface area contributed by atoms with Gasteiger partial charge in [-0.05, 0) is 43.1 Å². The summed E-state index contributed by atoms with van der Waals surface area (Å²) >= 11 is 3.13. The molecule has 0 aliphatic heterocycles. The Morgan fingerprint density at radius 3 is 2.94 bits per heavy atom. The fraction of sp³-hybridized carbons (Fsp3) is 0.385. The molecule has 3 nitrogen and oxygen atoms in total. The average Bonchev–Trinajstić information content (AvgIpc) is 2.89. The lowest BCUT2D eigenvalue weighted by molar-refractivity contribution is 0.564. The molecule has 0 aliphatic rings. The lowest BCUT2D eigenvalue weighted by Gasteiger charge is -2.16. The van der Waals surface area contributed by atoms with Crippen molar-refractivity contribution in [1.82, 2.24) is 14.7 Å². The van der Waals surface area contributed by atoms with Crippen LogP contribution in [0, 0.1) is 0 Å². The van der Waals surface area contributed by atoms with Crippen LogP contribution in [0.15, 0.2) is 39.8 Å². The second kappa shape index (κ2) is 6.87. The maximum absolute atomic E-state index is 4.22. The van der Waals surface area contributed by atoms with Gasteiger partial charge in [-0.3, -0.25) is 0 Å². The molecule has 0 saturated heterocycles. The molecule has 1 unspecified atom stereocenters. The molecule has 0 amide bonds. The van der Waals surface area contributed by atoms with Crippen molar-refractivity contribution >= 4 is 23.3 Å². The van der Waals surface area contributed by atoms with Crippen LogP contribution in [0.4, 0.5) is 0 Å². The van der Waals surface area contributed by atoms with Crippen molar-refractivity contribution in [2.45, 2.75) is 35.5 Å². The third-order valence-electron chi connectivity index (χ3n) is 2.62. The number of nitrogens with zero attached hydrogens (tertiary/aromatic N) is 2. The third-order valence-corrected chi connectivity index (χ3v) is 4.43. The van der Waals surface area contributed by atoms with E-state index >= 15 is 0 Å². The number of aromatic nitrogens is 2. The molecule has 2 aromatic rings. The summed E-state index contributed by atoms with van der Waals surface area (Å²) in [5.41, 5.74) is 1.33. The summed E-state index contributed by atoms with van der Waals surface area (Å²) < 4.78 is 5.03. The SMILES string of the molecule is CCCNC(C)c1ccccc1Sc1ncns1. The van der Waals surface area contributed by atoms with Crippen LogP contribution in [-0.4, -0.2) is 15.9 Å². The van der Waals surface area contributed by atoms with Gasteiger partial charge in [-0.2, -0.15) is 4.37 Å². The number of rotatable bonds is 6. The van der Waals surface area contributed by atoms with Crippen molar-refractivity contribution < 1.29 is 0 Å². The molecule has 1 aromatic heterocycles. The van der Waals surface area contributed by atoms with Crippen LogP contribution < -0.4 is 5.32 Å². The standard InChI is InChI=1S/C13H17N3S2/c1-3-8-14-10(2)11-6-4-5-7-12(11)17-13-15-9-16-18-13/h4-7,9-10,14H,3,8H2,1-2H3. The van der Waals surface area contributed by atoms with Gasteiger partial charge in [0.15, 0.2) is 4.34 Å². The van der Waals surface area contributed by atoms with Crippen LogP contribution in [-0.2, 0) is 0 Å². The van der Waals surface area contributed by atoms with E-state index in [0.29, 0.717) is 6.04 Å². The van der Waals surface area contributed by atoms with Gasteiger partial charge in [0.05, 0.1) is 0 Å². The number of hydrogen-bond donors (Lipinski definition) is 1. The van der Waals surface area contributed by atoms with Crippen LogP contribution in [0.3, 0.4) is 0 Å². The van der Waals surface area contributed by atoms with Crippen molar-refractivity contribution in [1.29, 1.82) is 0 Å². The first-order valence-corrected chi connectivity index (χ1v) is 7.67. The Morgan fingerprint density at radius 1 is 1.39 bits per heavy atom. The maximum atomic E-state index is 4.22. The minimum atomic E-state index is 0.363. The number of nitrogens with one attached hydrogen (secondary N) is 1. The molecule has 1 N–H and O–H groups in total. The molecular formula is C13H17N3S2. The first-order valence-electron chi connectivity index (χ1n) is 6.08. The summed E-state index contributed by atoms with van der Waals surface area (Å²) in [6, 6.07) is 8.84. The molecule has 18 heavy (non-hydrogen) atoms. The summed E-state index contributed by atoms with van der Waals surface area (Å²) in [7, 11) is 0. The van der Waals surface area contributed by atoms with Crippen molar-refractivity contribution in [2.75, 3.05) is 6.54 Å². The van der Waals surface area contributed by atoms with Crippen molar-refractivity contribution in [3.63, 3.8) is 0 Å². The summed E-state index contributed by atoms with van der Waals surface area (Å²) in [5, 5.41) is 3.52. The minimum absolute atomic E-state index is 0.363. The topological polar surface area (TPSA) is 37.8 Å². The smallest absolute Gasteiger partial charge is 0.174 e. The van der Waals surface area contributed by atoms with Crippen molar-refractivity contribution in [3.8, 4) is 0 Å². The Labute approximate surface area is 116 Å². The molecular weight excluding hydrogens is 262 g/mol. The molecule has 0 aliphatic carbocycles. The normalized spacial score (nSPS) is 12.6. The van der Waals surface area contributed by atoms with Crippen molar-refractivity contribution in [2.24, 2.45) is 0 Å². The van der Waals surface area contributed by atoms with Gasteiger partial charge in [0.1, 0.15) is 6.33 Å². The number of benzene rings is 1. The van der Waals surface area contributed by atoms with Gasteiger partial charge in [-0.1, -0.05) is 36.9 Å². The summed E-state index contributed by atoms with van der Waals surface area (Å²) in [6.07, 6.45) is 2.75. The van der Waals surface area contributed by atoms with Gasteiger partial charge in [0.2, 0.25) is 0 Å². The zero-order valence-corrected chi connectivity index (χ0v) is 12.2. The molecule has 5 heteroatoms. The second-order valence-electron chi connectivity index (χ2n) is 4.02. The zero-order valence-electron chi connectivity index (χ0n) is 10.6. The third kappa shape index (κ3) is 3.54. The van der Waals surface area contributed by atoms with E-state index in [-0.39, 0.29) is 0 Å². The van der Waals surface area contributed by atoms with Gasteiger partial charge in [-0.25, -0.2) is 4.98 Å². The van der Waals surface area contributed by atoms with E-state index in [1.165, 1.54) is 22.0 Å². The summed E-state index contributed by atoms with van der Waals surface area (Å²) in [4.78, 5) is 5.48. The highest BCUT2D eigenvalue weighted by atomic mass is 32.2. The molecule has 0 fully saturated rings. The lowest BCUT2D eigenvalue weighted by Crippen LogP contribution is -2.19. The average molecular weight is 279 g/mol. The van der Waals surface area contributed by atoms with E-state index in [0.717, 1.165) is 17.3 Å².